The standard InChI is InChI=1S/C14H24N4O/c1-5-6-18(8-7-17(3)4)14(19)12-10-16-11(2)9-13(12)15/h9-10H,5-8H2,1-4H3,(H2,15,16). The van der Waals surface area contributed by atoms with Crippen LogP contribution in [0.4, 0.5) is 5.69 Å². The summed E-state index contributed by atoms with van der Waals surface area (Å²) >= 11 is 0. The normalized spacial score (nSPS) is 10.8. The highest BCUT2D eigenvalue weighted by atomic mass is 16.2. The van der Waals surface area contributed by atoms with Crippen LogP contribution in [0.2, 0.25) is 0 Å². The average Bonchev–Trinajstić information content (AvgIpc) is 2.33. The molecule has 0 bridgehead atoms. The number of likely N-dealkylation sites (N-methyl/N-ethyl adjacent to an activating group) is 1. The number of hydrogen-bond donors (Lipinski definition) is 1. The highest BCUT2D eigenvalue weighted by molar-refractivity contribution is 5.98. The zero-order valence-corrected chi connectivity index (χ0v) is 12.3. The zero-order valence-electron chi connectivity index (χ0n) is 12.3. The number of aromatic nitrogens is 1. The van der Waals surface area contributed by atoms with E-state index in [0.717, 1.165) is 25.2 Å². The Morgan fingerprint density at radius 1 is 1.32 bits per heavy atom. The molecule has 1 heterocycles. The van der Waals surface area contributed by atoms with Crippen LogP contribution in [0.5, 0.6) is 0 Å². The number of anilines is 1. The van der Waals surface area contributed by atoms with Crippen molar-refractivity contribution in [2.75, 3.05) is 39.5 Å². The number of carbonyl (C=O) groups is 1. The molecule has 0 unspecified atom stereocenters. The van der Waals surface area contributed by atoms with Gasteiger partial charge in [0, 0.05) is 37.2 Å². The van der Waals surface area contributed by atoms with Gasteiger partial charge in [-0.1, -0.05) is 6.92 Å². The van der Waals surface area contributed by atoms with Crippen LogP contribution in [0.3, 0.4) is 0 Å². The summed E-state index contributed by atoms with van der Waals surface area (Å²) in [5.41, 5.74) is 7.74. The Labute approximate surface area is 115 Å². The summed E-state index contributed by atoms with van der Waals surface area (Å²) in [6.07, 6.45) is 2.50. The second-order valence-electron chi connectivity index (χ2n) is 5.01. The number of pyridine rings is 1. The number of hydrogen-bond acceptors (Lipinski definition) is 4. The lowest BCUT2D eigenvalue weighted by atomic mass is 10.2. The van der Waals surface area contributed by atoms with Gasteiger partial charge in [-0.3, -0.25) is 9.78 Å². The first kappa shape index (κ1) is 15.4. The van der Waals surface area contributed by atoms with Gasteiger partial charge >= 0.3 is 0 Å². The van der Waals surface area contributed by atoms with Crippen molar-refractivity contribution in [1.82, 2.24) is 14.8 Å². The molecule has 0 aromatic carbocycles. The van der Waals surface area contributed by atoms with Gasteiger partial charge in [-0.2, -0.15) is 0 Å². The Bertz CT molecular complexity index is 431. The van der Waals surface area contributed by atoms with Crippen LogP contribution in [0.25, 0.3) is 0 Å². The van der Waals surface area contributed by atoms with Gasteiger partial charge in [-0.05, 0) is 33.5 Å². The Kier molecular flexibility index (Phi) is 5.76. The molecule has 0 radical (unpaired) electrons. The molecule has 1 aromatic heterocycles. The fourth-order valence-electron chi connectivity index (χ4n) is 1.84. The average molecular weight is 264 g/mol. The van der Waals surface area contributed by atoms with Crippen LogP contribution >= 0.6 is 0 Å². The van der Waals surface area contributed by atoms with Gasteiger partial charge in [-0.15, -0.1) is 0 Å². The van der Waals surface area contributed by atoms with E-state index in [1.165, 1.54) is 0 Å². The molecule has 0 fully saturated rings. The molecule has 106 valence electrons. The van der Waals surface area contributed by atoms with Crippen LogP contribution in [0.15, 0.2) is 12.3 Å². The lowest BCUT2D eigenvalue weighted by Crippen LogP contribution is -2.37. The maximum Gasteiger partial charge on any atom is 0.257 e. The minimum absolute atomic E-state index is 0.0336. The SMILES string of the molecule is CCCN(CCN(C)C)C(=O)c1cnc(C)cc1N. The largest absolute Gasteiger partial charge is 0.398 e. The second kappa shape index (κ2) is 7.09. The molecule has 0 saturated carbocycles. The van der Waals surface area contributed by atoms with E-state index >= 15 is 0 Å². The highest BCUT2D eigenvalue weighted by Crippen LogP contribution is 2.14. The molecule has 19 heavy (non-hydrogen) atoms. The van der Waals surface area contributed by atoms with Crippen LogP contribution < -0.4 is 5.73 Å². The van der Waals surface area contributed by atoms with E-state index in [0.29, 0.717) is 17.8 Å². The molecule has 0 aliphatic heterocycles. The van der Waals surface area contributed by atoms with Gasteiger partial charge in [0.25, 0.3) is 5.91 Å². The van der Waals surface area contributed by atoms with Gasteiger partial charge in [-0.25, -0.2) is 0 Å². The Balaban J connectivity index is 2.85. The summed E-state index contributed by atoms with van der Waals surface area (Å²) in [6, 6.07) is 1.74. The molecule has 0 spiro atoms. The second-order valence-corrected chi connectivity index (χ2v) is 5.01. The zero-order chi connectivity index (χ0) is 14.4. The number of nitrogens with two attached hydrogens (primary N) is 1. The Morgan fingerprint density at radius 3 is 2.53 bits per heavy atom. The first-order valence-electron chi connectivity index (χ1n) is 6.61. The third-order valence-corrected chi connectivity index (χ3v) is 2.90. The van der Waals surface area contributed by atoms with Crippen molar-refractivity contribution >= 4 is 11.6 Å². The number of aryl methyl sites for hydroxylation is 1. The van der Waals surface area contributed by atoms with Crippen molar-refractivity contribution in [1.29, 1.82) is 0 Å². The fraction of sp³-hybridized carbons (Fsp3) is 0.571. The van der Waals surface area contributed by atoms with E-state index in [9.17, 15) is 4.79 Å². The van der Waals surface area contributed by atoms with Crippen molar-refractivity contribution in [3.63, 3.8) is 0 Å². The molecule has 0 atom stereocenters. The lowest BCUT2D eigenvalue weighted by molar-refractivity contribution is 0.0745. The third kappa shape index (κ3) is 4.52. The number of amides is 1. The number of nitrogens with zero attached hydrogens (tertiary/aromatic N) is 3. The lowest BCUT2D eigenvalue weighted by Gasteiger charge is -2.24. The molecule has 5 heteroatoms. The van der Waals surface area contributed by atoms with E-state index in [1.54, 1.807) is 12.3 Å². The maximum absolute atomic E-state index is 12.5. The van der Waals surface area contributed by atoms with Crippen LogP contribution in [-0.2, 0) is 0 Å². The van der Waals surface area contributed by atoms with Crippen LogP contribution in [0, 0.1) is 6.92 Å². The monoisotopic (exact) mass is 264 g/mol. The quantitative estimate of drug-likeness (QED) is 0.843. The summed E-state index contributed by atoms with van der Waals surface area (Å²) in [7, 11) is 3.99. The molecular weight excluding hydrogens is 240 g/mol. The van der Waals surface area contributed by atoms with E-state index < -0.39 is 0 Å². The summed E-state index contributed by atoms with van der Waals surface area (Å²) in [6.45, 7) is 6.20. The van der Waals surface area contributed by atoms with Crippen molar-refractivity contribution in [2.45, 2.75) is 20.3 Å². The molecule has 0 aliphatic rings. The van der Waals surface area contributed by atoms with Crippen molar-refractivity contribution in [2.24, 2.45) is 0 Å². The summed E-state index contributed by atoms with van der Waals surface area (Å²) in [4.78, 5) is 20.5. The fourth-order valence-corrected chi connectivity index (χ4v) is 1.84. The Hall–Kier alpha value is -1.62. The van der Waals surface area contributed by atoms with Gasteiger partial charge in [0.05, 0.1) is 5.56 Å². The van der Waals surface area contributed by atoms with Crippen LogP contribution in [-0.4, -0.2) is 54.4 Å². The topological polar surface area (TPSA) is 62.5 Å². The molecule has 1 amide bonds. The predicted molar refractivity (Wildman–Crippen MR) is 78.1 cm³/mol. The summed E-state index contributed by atoms with van der Waals surface area (Å²) < 4.78 is 0. The van der Waals surface area contributed by atoms with Crippen molar-refractivity contribution in [3.8, 4) is 0 Å². The van der Waals surface area contributed by atoms with Crippen molar-refractivity contribution < 1.29 is 4.79 Å². The van der Waals surface area contributed by atoms with Crippen LogP contribution in [0.1, 0.15) is 29.4 Å². The van der Waals surface area contributed by atoms with E-state index in [2.05, 4.69) is 16.8 Å². The van der Waals surface area contributed by atoms with Gasteiger partial charge in [0.15, 0.2) is 0 Å². The van der Waals surface area contributed by atoms with E-state index in [4.69, 9.17) is 5.73 Å². The number of nitrogen functional groups attached to an aromatic ring is 1. The van der Waals surface area contributed by atoms with Crippen molar-refractivity contribution in [3.05, 3.63) is 23.5 Å². The smallest absolute Gasteiger partial charge is 0.257 e. The minimum atomic E-state index is -0.0336. The van der Waals surface area contributed by atoms with Gasteiger partial charge < -0.3 is 15.5 Å². The van der Waals surface area contributed by atoms with Gasteiger partial charge in [0.1, 0.15) is 0 Å². The molecule has 0 saturated heterocycles. The number of carbonyl (C=O) groups excluding carboxylic acids is 1. The number of rotatable bonds is 6. The third-order valence-electron chi connectivity index (χ3n) is 2.90. The summed E-state index contributed by atoms with van der Waals surface area (Å²) in [5.74, 6) is -0.0336. The van der Waals surface area contributed by atoms with E-state index in [1.807, 2.05) is 25.9 Å². The highest BCUT2D eigenvalue weighted by Gasteiger charge is 2.17. The molecule has 1 aromatic rings. The molecule has 2 N–H and O–H groups in total. The first-order valence-corrected chi connectivity index (χ1v) is 6.61. The first-order chi connectivity index (χ1) is 8.95. The Morgan fingerprint density at radius 2 is 2.00 bits per heavy atom. The summed E-state index contributed by atoms with van der Waals surface area (Å²) in [5, 5.41) is 0. The minimum Gasteiger partial charge on any atom is -0.398 e. The molecule has 5 nitrogen and oxygen atoms in total. The van der Waals surface area contributed by atoms with Gasteiger partial charge in [0.2, 0.25) is 0 Å². The molecular formula is C14H24N4O. The van der Waals surface area contributed by atoms with E-state index in [-0.39, 0.29) is 5.91 Å². The molecule has 1 rings (SSSR count). The predicted octanol–water partition coefficient (Wildman–Crippen LogP) is 1.39. The molecule has 0 aliphatic carbocycles. The maximum atomic E-state index is 12.5.